The number of rotatable bonds is 2. The van der Waals surface area contributed by atoms with Gasteiger partial charge in [-0.05, 0) is 6.92 Å². The lowest BCUT2D eigenvalue weighted by atomic mass is 10.1. The lowest BCUT2D eigenvalue weighted by Gasteiger charge is -2.39. The zero-order valence-electron chi connectivity index (χ0n) is 10.1. The first-order chi connectivity index (χ1) is 8.22. The molecule has 0 radical (unpaired) electrons. The summed E-state index contributed by atoms with van der Waals surface area (Å²) in [5.41, 5.74) is 0. The van der Waals surface area contributed by atoms with E-state index in [-0.39, 0.29) is 24.7 Å². The molecule has 6 heteroatoms. The Bertz CT molecular complexity index is 268. The largest absolute Gasteiger partial charge is 0.394 e. The van der Waals surface area contributed by atoms with E-state index in [9.17, 15) is 4.79 Å². The molecule has 2 saturated heterocycles. The third-order valence-corrected chi connectivity index (χ3v) is 3.20. The highest BCUT2D eigenvalue weighted by atomic mass is 16.5. The molecule has 0 aromatic rings. The van der Waals surface area contributed by atoms with Crippen LogP contribution in [-0.4, -0.2) is 73.6 Å². The molecule has 0 spiro atoms. The molecule has 2 aliphatic rings. The van der Waals surface area contributed by atoms with E-state index >= 15 is 0 Å². The Balaban J connectivity index is 1.95. The van der Waals surface area contributed by atoms with Gasteiger partial charge in [0.05, 0.1) is 32.0 Å². The summed E-state index contributed by atoms with van der Waals surface area (Å²) in [6, 6.07) is 0.0378. The monoisotopic (exact) mass is 244 g/mol. The normalized spacial score (nSPS) is 34.7. The highest BCUT2D eigenvalue weighted by molar-refractivity contribution is 5.81. The second-order valence-electron chi connectivity index (χ2n) is 4.54. The van der Waals surface area contributed by atoms with Crippen LogP contribution in [0.5, 0.6) is 0 Å². The molecular weight excluding hydrogens is 224 g/mol. The van der Waals surface area contributed by atoms with Gasteiger partial charge in [0, 0.05) is 19.6 Å². The summed E-state index contributed by atoms with van der Waals surface area (Å²) in [7, 11) is 0. The van der Waals surface area contributed by atoms with Crippen LogP contribution in [0, 0.1) is 0 Å². The van der Waals surface area contributed by atoms with E-state index in [1.54, 1.807) is 4.90 Å². The minimum absolute atomic E-state index is 0.00792. The van der Waals surface area contributed by atoms with Crippen LogP contribution in [0.4, 0.5) is 0 Å². The van der Waals surface area contributed by atoms with E-state index in [0.29, 0.717) is 26.3 Å². The van der Waals surface area contributed by atoms with Gasteiger partial charge in [0.15, 0.2) is 0 Å². The van der Waals surface area contributed by atoms with Crippen LogP contribution in [0.1, 0.15) is 6.92 Å². The minimum atomic E-state index is -0.399. The average Bonchev–Trinajstić information content (AvgIpc) is 2.39. The fourth-order valence-electron chi connectivity index (χ4n) is 2.14. The number of amides is 1. The number of hydrogen-bond acceptors (Lipinski definition) is 5. The van der Waals surface area contributed by atoms with E-state index in [4.69, 9.17) is 14.6 Å². The first-order valence-electron chi connectivity index (χ1n) is 6.07. The van der Waals surface area contributed by atoms with Crippen molar-refractivity contribution in [3.05, 3.63) is 0 Å². The predicted octanol–water partition coefficient (Wildman–Crippen LogP) is -1.42. The quantitative estimate of drug-likeness (QED) is 0.624. The molecule has 0 bridgehead atoms. The SMILES string of the molecule is CC1COC(CO)CN1C(=O)C1CNCCO1. The van der Waals surface area contributed by atoms with Crippen LogP contribution in [0.25, 0.3) is 0 Å². The Morgan fingerprint density at radius 1 is 1.53 bits per heavy atom. The molecule has 2 fully saturated rings. The van der Waals surface area contributed by atoms with E-state index in [0.717, 1.165) is 6.54 Å². The van der Waals surface area contributed by atoms with Crippen molar-refractivity contribution in [2.24, 2.45) is 0 Å². The van der Waals surface area contributed by atoms with Crippen molar-refractivity contribution < 1.29 is 19.4 Å². The van der Waals surface area contributed by atoms with Gasteiger partial charge < -0.3 is 24.8 Å². The third-order valence-electron chi connectivity index (χ3n) is 3.20. The number of aliphatic hydroxyl groups excluding tert-OH is 1. The Hall–Kier alpha value is -0.690. The molecular formula is C11H20N2O4. The maximum atomic E-state index is 12.2. The number of ether oxygens (including phenoxy) is 2. The van der Waals surface area contributed by atoms with Gasteiger partial charge in [-0.3, -0.25) is 4.79 Å². The molecule has 2 N–H and O–H groups in total. The van der Waals surface area contributed by atoms with Gasteiger partial charge in [0.25, 0.3) is 5.91 Å². The van der Waals surface area contributed by atoms with Crippen molar-refractivity contribution in [3.63, 3.8) is 0 Å². The van der Waals surface area contributed by atoms with Crippen molar-refractivity contribution in [1.82, 2.24) is 10.2 Å². The summed E-state index contributed by atoms with van der Waals surface area (Å²) < 4.78 is 10.9. The van der Waals surface area contributed by atoms with Crippen LogP contribution in [0.3, 0.4) is 0 Å². The molecule has 0 aromatic heterocycles. The van der Waals surface area contributed by atoms with Crippen LogP contribution < -0.4 is 5.32 Å². The van der Waals surface area contributed by atoms with E-state index in [1.807, 2.05) is 6.92 Å². The molecule has 0 aliphatic carbocycles. The molecule has 1 amide bonds. The topological polar surface area (TPSA) is 71.0 Å². The van der Waals surface area contributed by atoms with Crippen LogP contribution in [0.15, 0.2) is 0 Å². The fraction of sp³-hybridized carbons (Fsp3) is 0.909. The Labute approximate surface area is 101 Å². The van der Waals surface area contributed by atoms with Crippen LogP contribution >= 0.6 is 0 Å². The molecule has 98 valence electrons. The van der Waals surface area contributed by atoms with Crippen molar-refractivity contribution in [2.45, 2.75) is 25.2 Å². The molecule has 3 atom stereocenters. The molecule has 3 unspecified atom stereocenters. The van der Waals surface area contributed by atoms with Crippen molar-refractivity contribution in [2.75, 3.05) is 39.5 Å². The van der Waals surface area contributed by atoms with Crippen molar-refractivity contribution >= 4 is 5.91 Å². The number of morpholine rings is 2. The average molecular weight is 244 g/mol. The molecule has 17 heavy (non-hydrogen) atoms. The first kappa shape index (κ1) is 12.8. The maximum absolute atomic E-state index is 12.2. The molecule has 2 aliphatic heterocycles. The highest BCUT2D eigenvalue weighted by Crippen LogP contribution is 2.14. The first-order valence-corrected chi connectivity index (χ1v) is 6.07. The fourth-order valence-corrected chi connectivity index (χ4v) is 2.14. The number of nitrogens with zero attached hydrogens (tertiary/aromatic N) is 1. The smallest absolute Gasteiger partial charge is 0.253 e. The van der Waals surface area contributed by atoms with Gasteiger partial charge in [0.2, 0.25) is 0 Å². The molecule has 6 nitrogen and oxygen atoms in total. The van der Waals surface area contributed by atoms with E-state index in [1.165, 1.54) is 0 Å². The van der Waals surface area contributed by atoms with Crippen molar-refractivity contribution in [1.29, 1.82) is 0 Å². The Morgan fingerprint density at radius 2 is 2.35 bits per heavy atom. The number of aliphatic hydroxyl groups is 1. The minimum Gasteiger partial charge on any atom is -0.394 e. The van der Waals surface area contributed by atoms with Gasteiger partial charge >= 0.3 is 0 Å². The van der Waals surface area contributed by atoms with Gasteiger partial charge in [-0.1, -0.05) is 0 Å². The molecule has 2 rings (SSSR count). The second kappa shape index (κ2) is 5.77. The zero-order valence-corrected chi connectivity index (χ0v) is 10.1. The summed E-state index contributed by atoms with van der Waals surface area (Å²) in [5.74, 6) is -0.00792. The Kier molecular flexibility index (Phi) is 4.33. The number of carbonyl (C=O) groups excluding carboxylic acids is 1. The zero-order chi connectivity index (χ0) is 12.3. The van der Waals surface area contributed by atoms with Crippen LogP contribution in [-0.2, 0) is 14.3 Å². The van der Waals surface area contributed by atoms with Crippen LogP contribution in [0.2, 0.25) is 0 Å². The lowest BCUT2D eigenvalue weighted by molar-refractivity contribution is -0.159. The van der Waals surface area contributed by atoms with Gasteiger partial charge in [0.1, 0.15) is 6.10 Å². The molecule has 2 heterocycles. The summed E-state index contributed by atoms with van der Waals surface area (Å²) in [6.45, 7) is 4.72. The summed E-state index contributed by atoms with van der Waals surface area (Å²) in [5, 5.41) is 12.2. The third kappa shape index (κ3) is 2.95. The lowest BCUT2D eigenvalue weighted by Crippen LogP contribution is -2.57. The number of hydrogen-bond donors (Lipinski definition) is 2. The van der Waals surface area contributed by atoms with Gasteiger partial charge in [-0.15, -0.1) is 0 Å². The Morgan fingerprint density at radius 3 is 3.00 bits per heavy atom. The summed E-state index contributed by atoms with van der Waals surface area (Å²) in [6.07, 6.45) is -0.671. The summed E-state index contributed by atoms with van der Waals surface area (Å²) in [4.78, 5) is 14.0. The maximum Gasteiger partial charge on any atom is 0.253 e. The van der Waals surface area contributed by atoms with Gasteiger partial charge in [-0.25, -0.2) is 0 Å². The second-order valence-corrected chi connectivity index (χ2v) is 4.54. The van der Waals surface area contributed by atoms with Crippen molar-refractivity contribution in [3.8, 4) is 0 Å². The number of nitrogens with one attached hydrogen (secondary N) is 1. The summed E-state index contributed by atoms with van der Waals surface area (Å²) >= 11 is 0. The van der Waals surface area contributed by atoms with Gasteiger partial charge in [-0.2, -0.15) is 0 Å². The highest BCUT2D eigenvalue weighted by Gasteiger charge is 2.34. The molecule has 0 aromatic carbocycles. The molecule has 0 saturated carbocycles. The predicted molar refractivity (Wildman–Crippen MR) is 60.6 cm³/mol. The van der Waals surface area contributed by atoms with E-state index in [2.05, 4.69) is 5.32 Å². The standard InChI is InChI=1S/C11H20N2O4/c1-8-7-17-9(6-14)5-13(8)11(15)10-4-12-2-3-16-10/h8-10,12,14H,2-7H2,1H3. The van der Waals surface area contributed by atoms with E-state index < -0.39 is 6.10 Å². The number of carbonyl (C=O) groups is 1.